The van der Waals surface area contributed by atoms with Gasteiger partial charge in [-0.05, 0) is 6.42 Å². The van der Waals surface area contributed by atoms with E-state index in [-0.39, 0.29) is 35.6 Å². The van der Waals surface area contributed by atoms with Gasteiger partial charge in [-0.1, -0.05) is 6.08 Å². The van der Waals surface area contributed by atoms with Crippen molar-refractivity contribution in [3.8, 4) is 0 Å². The fourth-order valence-electron chi connectivity index (χ4n) is 5.47. The normalized spacial score (nSPS) is 36.3. The Labute approximate surface area is 303 Å². The van der Waals surface area contributed by atoms with Crippen molar-refractivity contribution < 1.29 is 92.1 Å². The van der Waals surface area contributed by atoms with Gasteiger partial charge in [0.1, 0.15) is 66.8 Å². The van der Waals surface area contributed by atoms with E-state index in [1.54, 1.807) is 6.08 Å². The number of carbonyl (C=O) groups excluding carboxylic acids is 1. The number of amides is 1. The Morgan fingerprint density at radius 2 is 1.44 bits per heavy atom. The molecule has 6 heterocycles. The van der Waals surface area contributed by atoms with E-state index in [1.807, 2.05) is 0 Å². The molecule has 0 aliphatic carbocycles. The Morgan fingerprint density at radius 3 is 2.04 bits per heavy atom. The monoisotopic (exact) mass is 815 g/mol. The highest BCUT2D eigenvalue weighted by Gasteiger charge is 2.48. The lowest BCUT2D eigenvalue weighted by Gasteiger charge is -2.31. The summed E-state index contributed by atoms with van der Waals surface area (Å²) < 4.78 is 55.3. The summed E-state index contributed by atoms with van der Waals surface area (Å²) in [6, 6.07) is 0. The largest absolute Gasteiger partial charge is 0.481 e. The number of fused-ring (bicyclic) bond motifs is 1. The topological polar surface area (TPSA) is 408 Å². The fraction of sp³-hybridized carbons (Fsp3) is 0.615. The van der Waals surface area contributed by atoms with Crippen LogP contribution in [0.5, 0.6) is 0 Å². The zero-order valence-electron chi connectivity index (χ0n) is 27.6. The predicted octanol–water partition coefficient (Wildman–Crippen LogP) is -5.27. The molecular weight excluding hydrogens is 776 g/mol. The number of aliphatic hydroxyl groups is 8. The van der Waals surface area contributed by atoms with Crippen molar-refractivity contribution in [3.63, 3.8) is 0 Å². The number of aromatic nitrogens is 4. The molecule has 302 valence electrons. The van der Waals surface area contributed by atoms with Crippen molar-refractivity contribution >= 4 is 38.5 Å². The van der Waals surface area contributed by atoms with E-state index < -0.39 is 108 Å². The summed E-state index contributed by atoms with van der Waals surface area (Å²) in [5.74, 6) is -0.658. The highest BCUT2D eigenvalue weighted by Crippen LogP contribution is 2.60. The summed E-state index contributed by atoms with van der Waals surface area (Å²) in [7, 11) is -10.7. The number of phosphoric ester groups is 2. The van der Waals surface area contributed by atoms with E-state index in [2.05, 4.69) is 24.0 Å². The molecule has 0 bridgehead atoms. The van der Waals surface area contributed by atoms with Crippen molar-refractivity contribution in [1.29, 1.82) is 0 Å². The van der Waals surface area contributed by atoms with Crippen molar-refractivity contribution in [2.75, 3.05) is 25.6 Å². The molecule has 0 radical (unpaired) electrons. The maximum absolute atomic E-state index is 12.4. The van der Waals surface area contributed by atoms with E-state index in [1.165, 1.54) is 28.2 Å². The minimum Gasteiger partial charge on any atom is -0.388 e. The molecule has 54 heavy (non-hydrogen) atoms. The average Bonchev–Trinajstić information content (AvgIpc) is 3.77. The highest BCUT2D eigenvalue weighted by atomic mass is 31.3. The molecule has 1 amide bonds. The molecule has 2 aromatic rings. The Bertz CT molecular complexity index is 1790. The molecule has 3 saturated heterocycles. The summed E-state index contributed by atoms with van der Waals surface area (Å²) in [5, 5.41) is 76.9. The van der Waals surface area contributed by atoms with Crippen molar-refractivity contribution in [2.45, 2.75) is 80.1 Å². The molecule has 0 saturated carbocycles. The summed E-state index contributed by atoms with van der Waals surface area (Å²) in [6.07, 6.45) is -10.1. The highest BCUT2D eigenvalue weighted by molar-refractivity contribution is 7.61. The molecule has 4 aliphatic heterocycles. The SMILES string of the molecule is NC(=O)C1=CN([C@@H]2O[C@H](COP(=O)(O)OP(=O)(O)OC[C@H]3O[C@@H](n4cnc5c(N)ncnc54)[C@H](O)[C@@H]3O)[C@@H](O)[C@H]2O)C=CC1.OC1OC[C@@H](O)[C@H](O)[C@H]1O. The van der Waals surface area contributed by atoms with Crippen molar-refractivity contribution in [3.05, 3.63) is 36.7 Å². The van der Waals surface area contributed by atoms with Crippen LogP contribution in [0.15, 0.2) is 36.7 Å². The Morgan fingerprint density at radius 1 is 0.852 bits per heavy atom. The van der Waals surface area contributed by atoms with Gasteiger partial charge in [0.25, 0.3) is 0 Å². The van der Waals surface area contributed by atoms with Gasteiger partial charge in [-0.25, -0.2) is 24.1 Å². The van der Waals surface area contributed by atoms with Crippen LogP contribution in [-0.2, 0) is 41.5 Å². The number of nitrogen functional groups attached to an aromatic ring is 1. The lowest BCUT2D eigenvalue weighted by Crippen LogP contribution is -2.52. The maximum Gasteiger partial charge on any atom is 0.481 e. The minimum absolute atomic E-state index is 0.0517. The van der Waals surface area contributed by atoms with Crippen LogP contribution < -0.4 is 11.5 Å². The number of hydrogen-bond acceptors (Lipinski definition) is 22. The number of hydrogen-bond donors (Lipinski definition) is 12. The van der Waals surface area contributed by atoms with Crippen LogP contribution in [0.4, 0.5) is 5.82 Å². The molecule has 28 heteroatoms. The van der Waals surface area contributed by atoms with Gasteiger partial charge in [-0.2, -0.15) is 4.31 Å². The lowest BCUT2D eigenvalue weighted by molar-refractivity contribution is -0.252. The Balaban J connectivity index is 0.000000486. The summed E-state index contributed by atoms with van der Waals surface area (Å²) >= 11 is 0. The zero-order valence-corrected chi connectivity index (χ0v) is 29.4. The first-order chi connectivity index (χ1) is 25.3. The van der Waals surface area contributed by atoms with Gasteiger partial charge in [0, 0.05) is 18.0 Å². The second-order valence-corrected chi connectivity index (χ2v) is 15.2. The maximum atomic E-state index is 12.4. The average molecular weight is 816 g/mol. The molecule has 2 aromatic heterocycles. The standard InChI is InChI=1S/C21H29N7O14P2.C5H10O5/c22-17-12-19(25-7-24-17)28(8-26-12)21-16(32)14(30)11(41-21)6-39-44(36,37)42-43(34,35)38-5-10-13(29)15(31)20(40-10)27-3-1-2-9(4-27)18(23)33;6-2-1-10-5(9)4(8)3(2)7/h1,3-4,7-8,10-11,13-16,20-21,29-32H,2,5-6H2,(H2,23,33)(H,34,35)(H,36,37)(H2,22,24,25);2-9H,1H2/t10-,11-,13-,14-,15-,16-,20-,21-;2-,3+,4-,5?/m11/s1. The zero-order chi connectivity index (χ0) is 39.7. The molecule has 3 fully saturated rings. The van der Waals surface area contributed by atoms with Crippen LogP contribution in [0.2, 0.25) is 0 Å². The van der Waals surface area contributed by atoms with Crippen molar-refractivity contribution in [2.24, 2.45) is 5.73 Å². The van der Waals surface area contributed by atoms with Gasteiger partial charge in [0.15, 0.2) is 30.2 Å². The van der Waals surface area contributed by atoms with E-state index >= 15 is 0 Å². The summed E-state index contributed by atoms with van der Waals surface area (Å²) in [5.41, 5.74) is 11.6. The number of nitrogens with zero attached hydrogens (tertiary/aromatic N) is 5. The van der Waals surface area contributed by atoms with E-state index in [9.17, 15) is 44.1 Å². The number of imidazole rings is 1. The molecular formula is C26H39N7O19P2. The first kappa shape index (κ1) is 42.1. The minimum atomic E-state index is -5.37. The van der Waals surface area contributed by atoms with E-state index in [4.69, 9.17) is 50.4 Å². The van der Waals surface area contributed by atoms with Crippen LogP contribution in [0, 0.1) is 0 Å². The number of anilines is 1. The third-order valence-corrected chi connectivity index (χ3v) is 11.0. The second kappa shape index (κ2) is 17.0. The predicted molar refractivity (Wildman–Crippen MR) is 172 cm³/mol. The number of phosphoric acid groups is 2. The van der Waals surface area contributed by atoms with Gasteiger partial charge < -0.3 is 81.2 Å². The Hall–Kier alpha value is -3.08. The quantitative estimate of drug-likeness (QED) is 0.0943. The van der Waals surface area contributed by atoms with Crippen LogP contribution in [-0.4, -0.2) is 168 Å². The van der Waals surface area contributed by atoms with Gasteiger partial charge in [0.05, 0.1) is 26.1 Å². The number of allylic oxidation sites excluding steroid dienone is 1. The van der Waals surface area contributed by atoms with Gasteiger partial charge in [-0.15, -0.1) is 0 Å². The van der Waals surface area contributed by atoms with Gasteiger partial charge in [0.2, 0.25) is 5.91 Å². The van der Waals surface area contributed by atoms with Crippen molar-refractivity contribution in [1.82, 2.24) is 24.4 Å². The first-order valence-corrected chi connectivity index (χ1v) is 18.7. The number of primary amides is 1. The number of rotatable bonds is 11. The number of ether oxygens (including phenoxy) is 3. The third kappa shape index (κ3) is 9.47. The number of aliphatic hydroxyl groups excluding tert-OH is 8. The molecule has 0 aromatic carbocycles. The van der Waals surface area contributed by atoms with Gasteiger partial charge in [-0.3, -0.25) is 18.4 Å². The number of carbonyl (C=O) groups is 1. The van der Waals surface area contributed by atoms with Crippen LogP contribution in [0.1, 0.15) is 12.6 Å². The van der Waals surface area contributed by atoms with E-state index in [0.29, 0.717) is 0 Å². The van der Waals surface area contributed by atoms with Crippen LogP contribution >= 0.6 is 15.6 Å². The van der Waals surface area contributed by atoms with Gasteiger partial charge >= 0.3 is 15.6 Å². The number of nitrogens with two attached hydrogens (primary N) is 2. The van der Waals surface area contributed by atoms with Crippen LogP contribution in [0.25, 0.3) is 11.2 Å². The smallest absolute Gasteiger partial charge is 0.388 e. The molecule has 6 rings (SSSR count). The lowest BCUT2D eigenvalue weighted by atomic mass is 10.1. The van der Waals surface area contributed by atoms with Crippen LogP contribution in [0.3, 0.4) is 0 Å². The third-order valence-electron chi connectivity index (χ3n) is 8.35. The fourth-order valence-corrected chi connectivity index (χ4v) is 7.56. The molecule has 26 nitrogen and oxygen atoms in total. The summed E-state index contributed by atoms with van der Waals surface area (Å²) in [4.78, 5) is 44.6. The molecule has 0 spiro atoms. The Kier molecular flexibility index (Phi) is 13.2. The van der Waals surface area contributed by atoms with E-state index in [0.717, 1.165) is 6.33 Å². The first-order valence-electron chi connectivity index (χ1n) is 15.7. The molecule has 14 atom stereocenters. The molecule has 14 N–H and O–H groups in total. The second-order valence-electron chi connectivity index (χ2n) is 12.1. The molecule has 4 aliphatic rings. The molecule has 3 unspecified atom stereocenters. The summed E-state index contributed by atoms with van der Waals surface area (Å²) in [6.45, 7) is -1.94.